The Balaban J connectivity index is 1.07. The third kappa shape index (κ3) is 4.71. The first-order valence-electron chi connectivity index (χ1n) is 15.0. The minimum Gasteiger partial charge on any atom is -0.458 e. The highest BCUT2D eigenvalue weighted by Gasteiger charge is 2.26. The van der Waals surface area contributed by atoms with E-state index in [0.29, 0.717) is 11.8 Å². The van der Waals surface area contributed by atoms with Crippen LogP contribution in [0.3, 0.4) is 0 Å². The molecule has 8 rings (SSSR count). The topological polar surface area (TPSA) is 63.9 Å². The minimum atomic E-state index is 0.447. The van der Waals surface area contributed by atoms with Crippen LogP contribution in [0, 0.1) is 0 Å². The van der Waals surface area contributed by atoms with Gasteiger partial charge in [-0.3, -0.25) is 0 Å². The van der Waals surface area contributed by atoms with Crippen molar-refractivity contribution in [3.63, 3.8) is 0 Å². The van der Waals surface area contributed by atoms with Crippen molar-refractivity contribution < 1.29 is 13.9 Å². The van der Waals surface area contributed by atoms with Crippen molar-refractivity contribution in [3.05, 3.63) is 158 Å². The van der Waals surface area contributed by atoms with Crippen LogP contribution in [-0.2, 0) is 0 Å². The van der Waals surface area contributed by atoms with E-state index in [2.05, 4.69) is 50.8 Å². The van der Waals surface area contributed by atoms with Crippen molar-refractivity contribution >= 4 is 28.4 Å². The van der Waals surface area contributed by atoms with Crippen LogP contribution in [0.1, 0.15) is 6.92 Å². The quantitative estimate of drug-likeness (QED) is 0.176. The molecule has 46 heavy (non-hydrogen) atoms. The van der Waals surface area contributed by atoms with E-state index in [-0.39, 0.29) is 0 Å². The summed E-state index contributed by atoms with van der Waals surface area (Å²) in [5, 5.41) is 8.74. The molecule has 5 aromatic carbocycles. The van der Waals surface area contributed by atoms with Gasteiger partial charge in [-0.2, -0.15) is 0 Å². The van der Waals surface area contributed by atoms with Crippen LogP contribution in [0.15, 0.2) is 162 Å². The normalized spacial score (nSPS) is 13.5. The van der Waals surface area contributed by atoms with Crippen LogP contribution in [-0.4, -0.2) is 10.2 Å². The maximum Gasteiger partial charge on any atom is 0.248 e. The third-order valence-corrected chi connectivity index (χ3v) is 7.96. The molecular weight excluding hydrogens is 572 g/mol. The van der Waals surface area contributed by atoms with E-state index in [4.69, 9.17) is 13.9 Å². The largest absolute Gasteiger partial charge is 0.458 e. The fourth-order valence-corrected chi connectivity index (χ4v) is 5.81. The second-order valence-electron chi connectivity index (χ2n) is 10.8. The summed E-state index contributed by atoms with van der Waals surface area (Å²) >= 11 is 0. The minimum absolute atomic E-state index is 0.447. The number of anilines is 5. The number of nitrogens with zero attached hydrogens (tertiary/aromatic N) is 4. The number of aromatic nitrogens is 2. The molecule has 0 spiro atoms. The number of hydrogen-bond donors (Lipinski definition) is 0. The molecule has 2 aliphatic rings. The Kier molecular flexibility index (Phi) is 6.69. The number of hydrogen-bond acceptors (Lipinski definition) is 7. The summed E-state index contributed by atoms with van der Waals surface area (Å²) in [5.41, 5.74) is 7.48. The Bertz CT molecular complexity index is 2100. The molecule has 0 N–H and O–H groups in total. The summed E-state index contributed by atoms with van der Waals surface area (Å²) in [6.45, 7) is 5.79. The number of para-hydroxylation sites is 6. The molecule has 0 radical (unpaired) electrons. The maximum atomic E-state index is 6.17. The first-order valence-corrected chi connectivity index (χ1v) is 15.0. The standard InChI is InChI=1S/C39H28N4O3/c1-3-4-11-31-26(2)44-35-15-8-5-12-32(35)42(31)29-22-18-27(19-23-29)38-40-41-39(46-38)28-20-24-30(25-21-28)43-33-13-6-9-16-36(33)45-37-17-10-7-14-34(37)43/h3-25H,1H2,2H3/b11-4-. The Labute approximate surface area is 266 Å². The predicted molar refractivity (Wildman–Crippen MR) is 181 cm³/mol. The van der Waals surface area contributed by atoms with Gasteiger partial charge in [0, 0.05) is 22.5 Å². The van der Waals surface area contributed by atoms with Crippen molar-refractivity contribution in [1.29, 1.82) is 0 Å². The Morgan fingerprint density at radius 2 is 1.02 bits per heavy atom. The molecular formula is C39H28N4O3. The van der Waals surface area contributed by atoms with Gasteiger partial charge < -0.3 is 23.7 Å². The van der Waals surface area contributed by atoms with Crippen LogP contribution in [0.4, 0.5) is 28.4 Å². The molecule has 222 valence electrons. The molecule has 0 atom stereocenters. The molecule has 7 heteroatoms. The molecule has 6 aromatic rings. The molecule has 0 bridgehead atoms. The number of fused-ring (bicyclic) bond motifs is 3. The summed E-state index contributed by atoms with van der Waals surface area (Å²) in [6, 6.07) is 40.2. The Hall–Kier alpha value is -6.34. The van der Waals surface area contributed by atoms with Gasteiger partial charge in [-0.15, -0.1) is 10.2 Å². The second kappa shape index (κ2) is 11.3. The van der Waals surface area contributed by atoms with E-state index in [0.717, 1.165) is 68.3 Å². The molecule has 0 fully saturated rings. The average Bonchev–Trinajstić information content (AvgIpc) is 3.60. The van der Waals surface area contributed by atoms with Crippen LogP contribution in [0.5, 0.6) is 17.2 Å². The first kappa shape index (κ1) is 27.2. The summed E-state index contributed by atoms with van der Waals surface area (Å²) in [7, 11) is 0. The molecule has 0 aliphatic carbocycles. The van der Waals surface area contributed by atoms with Gasteiger partial charge in [-0.05, 0) is 97.9 Å². The zero-order valence-electron chi connectivity index (χ0n) is 25.0. The van der Waals surface area contributed by atoms with E-state index in [1.807, 2.05) is 116 Å². The molecule has 3 heterocycles. The lowest BCUT2D eigenvalue weighted by atomic mass is 10.1. The fourth-order valence-electron chi connectivity index (χ4n) is 5.81. The lowest BCUT2D eigenvalue weighted by molar-refractivity contribution is 0.414. The highest BCUT2D eigenvalue weighted by Crippen LogP contribution is 2.50. The molecule has 2 aliphatic heterocycles. The van der Waals surface area contributed by atoms with Crippen molar-refractivity contribution in [2.45, 2.75) is 6.92 Å². The van der Waals surface area contributed by atoms with Gasteiger partial charge in [-0.25, -0.2) is 0 Å². The lowest BCUT2D eigenvalue weighted by Crippen LogP contribution is -2.22. The van der Waals surface area contributed by atoms with Gasteiger partial charge in [-0.1, -0.05) is 55.1 Å². The summed E-state index contributed by atoms with van der Waals surface area (Å²) in [4.78, 5) is 4.37. The van der Waals surface area contributed by atoms with Crippen molar-refractivity contribution in [2.24, 2.45) is 0 Å². The van der Waals surface area contributed by atoms with E-state index in [9.17, 15) is 0 Å². The molecule has 0 saturated carbocycles. The van der Waals surface area contributed by atoms with Crippen molar-refractivity contribution in [1.82, 2.24) is 10.2 Å². The number of allylic oxidation sites excluding steroid dienone is 4. The van der Waals surface area contributed by atoms with Crippen LogP contribution >= 0.6 is 0 Å². The molecule has 0 saturated heterocycles. The first-order chi connectivity index (χ1) is 22.7. The predicted octanol–water partition coefficient (Wildman–Crippen LogP) is 10.5. The third-order valence-electron chi connectivity index (χ3n) is 7.96. The number of benzene rings is 5. The molecule has 0 amide bonds. The van der Waals surface area contributed by atoms with Gasteiger partial charge in [0.15, 0.2) is 17.2 Å². The average molecular weight is 601 g/mol. The summed E-state index contributed by atoms with van der Waals surface area (Å²) in [6.07, 6.45) is 5.66. The fraction of sp³-hybridized carbons (Fsp3) is 0.0256. The Morgan fingerprint density at radius 3 is 1.54 bits per heavy atom. The highest BCUT2D eigenvalue weighted by atomic mass is 16.5. The van der Waals surface area contributed by atoms with Gasteiger partial charge in [0.2, 0.25) is 11.8 Å². The van der Waals surface area contributed by atoms with Crippen molar-refractivity contribution in [3.8, 4) is 40.2 Å². The summed E-state index contributed by atoms with van der Waals surface area (Å²) < 4.78 is 18.4. The monoisotopic (exact) mass is 600 g/mol. The summed E-state index contributed by atoms with van der Waals surface area (Å²) in [5.74, 6) is 4.12. The zero-order valence-corrected chi connectivity index (χ0v) is 25.0. The van der Waals surface area contributed by atoms with E-state index >= 15 is 0 Å². The van der Waals surface area contributed by atoms with Gasteiger partial charge in [0.25, 0.3) is 0 Å². The molecule has 0 unspecified atom stereocenters. The van der Waals surface area contributed by atoms with Crippen molar-refractivity contribution in [2.75, 3.05) is 9.80 Å². The van der Waals surface area contributed by atoms with E-state index in [1.54, 1.807) is 6.08 Å². The second-order valence-corrected chi connectivity index (χ2v) is 10.8. The molecule has 1 aromatic heterocycles. The number of ether oxygens (including phenoxy) is 2. The van der Waals surface area contributed by atoms with Crippen LogP contribution in [0.25, 0.3) is 22.9 Å². The lowest BCUT2D eigenvalue weighted by Gasteiger charge is -2.33. The van der Waals surface area contributed by atoms with Crippen LogP contribution < -0.4 is 19.3 Å². The van der Waals surface area contributed by atoms with Gasteiger partial charge in [0.05, 0.1) is 22.8 Å². The zero-order chi connectivity index (χ0) is 31.0. The Morgan fingerprint density at radius 1 is 0.565 bits per heavy atom. The van der Waals surface area contributed by atoms with Crippen LogP contribution in [0.2, 0.25) is 0 Å². The van der Waals surface area contributed by atoms with E-state index < -0.39 is 0 Å². The maximum absolute atomic E-state index is 6.17. The SMILES string of the molecule is C=C/C=C\C1=C(C)Oc2ccccc2N1c1ccc(-c2nnc(-c3ccc(N4c5ccccc5Oc5ccccc54)cc3)o2)cc1. The smallest absolute Gasteiger partial charge is 0.248 e. The number of rotatable bonds is 6. The highest BCUT2D eigenvalue weighted by molar-refractivity contribution is 5.86. The van der Waals surface area contributed by atoms with Gasteiger partial charge in [0.1, 0.15) is 5.76 Å². The molecule has 7 nitrogen and oxygen atoms in total. The van der Waals surface area contributed by atoms with Gasteiger partial charge >= 0.3 is 0 Å². The van der Waals surface area contributed by atoms with E-state index in [1.165, 1.54) is 0 Å².